The van der Waals surface area contributed by atoms with Crippen molar-refractivity contribution in [3.05, 3.63) is 59.2 Å². The molecule has 0 aromatic heterocycles. The summed E-state index contributed by atoms with van der Waals surface area (Å²) in [6, 6.07) is 13.4. The highest BCUT2D eigenvalue weighted by Gasteiger charge is 2.44. The van der Waals surface area contributed by atoms with Gasteiger partial charge in [-0.2, -0.15) is 0 Å². The summed E-state index contributed by atoms with van der Waals surface area (Å²) in [5.41, 5.74) is 2.76. The van der Waals surface area contributed by atoms with Gasteiger partial charge in [0.1, 0.15) is 35.9 Å². The van der Waals surface area contributed by atoms with Crippen molar-refractivity contribution in [1.29, 1.82) is 0 Å². The van der Waals surface area contributed by atoms with Crippen LogP contribution in [0.15, 0.2) is 42.5 Å². The summed E-state index contributed by atoms with van der Waals surface area (Å²) in [6.07, 6.45) is -6.01. The topological polar surface area (TPSA) is 109 Å². The summed E-state index contributed by atoms with van der Waals surface area (Å²) in [4.78, 5) is 0. The number of hydrogen-bond donors (Lipinski definition) is 4. The molecule has 2 aromatic carbocycles. The van der Waals surface area contributed by atoms with E-state index < -0.39 is 37.3 Å². The molecule has 3 rings (SSSR count). The molecular weight excluding hydrogens is 364 g/mol. The van der Waals surface area contributed by atoms with Crippen LogP contribution in [0.4, 0.5) is 0 Å². The summed E-state index contributed by atoms with van der Waals surface area (Å²) in [5, 5.41) is 39.5. The van der Waals surface area contributed by atoms with Crippen LogP contribution in [0.3, 0.4) is 0 Å². The molecule has 0 spiro atoms. The van der Waals surface area contributed by atoms with E-state index in [1.165, 1.54) is 0 Å². The molecule has 2 aromatic rings. The number of benzene rings is 2. The molecule has 0 aliphatic carbocycles. The Hall–Kier alpha value is -2.16. The van der Waals surface area contributed by atoms with Gasteiger partial charge >= 0.3 is 0 Å². The first-order chi connectivity index (χ1) is 13.4. The number of aliphatic hydroxyl groups is 4. The van der Waals surface area contributed by atoms with E-state index in [9.17, 15) is 20.4 Å². The Morgan fingerprint density at radius 1 is 0.964 bits per heavy atom. The molecule has 1 aliphatic heterocycles. The van der Waals surface area contributed by atoms with Crippen LogP contribution in [-0.4, -0.2) is 64.8 Å². The third-order valence-corrected chi connectivity index (χ3v) is 4.93. The number of methoxy groups -OCH3 is 1. The summed E-state index contributed by atoms with van der Waals surface area (Å²) < 4.78 is 16.6. The third-order valence-electron chi connectivity index (χ3n) is 4.93. The lowest BCUT2D eigenvalue weighted by Gasteiger charge is -2.40. The molecule has 0 saturated carbocycles. The summed E-state index contributed by atoms with van der Waals surface area (Å²) in [6.45, 7) is 1.37. The molecule has 152 valence electrons. The molecule has 0 unspecified atom stereocenters. The average molecular weight is 390 g/mol. The second-order valence-corrected chi connectivity index (χ2v) is 6.90. The van der Waals surface area contributed by atoms with Crippen LogP contribution in [0.5, 0.6) is 11.5 Å². The Morgan fingerprint density at radius 2 is 1.68 bits per heavy atom. The molecule has 7 nitrogen and oxygen atoms in total. The first-order valence-electron chi connectivity index (χ1n) is 9.13. The van der Waals surface area contributed by atoms with E-state index in [2.05, 4.69) is 0 Å². The van der Waals surface area contributed by atoms with Gasteiger partial charge in [-0.15, -0.1) is 0 Å². The first-order valence-corrected chi connectivity index (χ1v) is 9.13. The first kappa shape index (κ1) is 20.6. The van der Waals surface area contributed by atoms with Crippen LogP contribution >= 0.6 is 0 Å². The van der Waals surface area contributed by atoms with Crippen molar-refractivity contribution in [3.63, 3.8) is 0 Å². The SMILES string of the molecule is COc1ccc(Cc2cccc(C)c2O[C@@H]2O[C@H](CO)[C@@H](O)[C@H](O)[C@H]2O)cc1. The molecule has 1 heterocycles. The van der Waals surface area contributed by atoms with Gasteiger partial charge in [0.2, 0.25) is 6.29 Å². The maximum absolute atomic E-state index is 10.3. The van der Waals surface area contributed by atoms with Crippen molar-refractivity contribution < 1.29 is 34.6 Å². The van der Waals surface area contributed by atoms with Gasteiger partial charge in [0, 0.05) is 6.42 Å². The van der Waals surface area contributed by atoms with Crippen LogP contribution in [0.25, 0.3) is 0 Å². The minimum absolute atomic E-state index is 0.503. The largest absolute Gasteiger partial charge is 0.497 e. The van der Waals surface area contributed by atoms with Gasteiger partial charge in [0.25, 0.3) is 0 Å². The van der Waals surface area contributed by atoms with E-state index in [4.69, 9.17) is 14.2 Å². The van der Waals surface area contributed by atoms with Crippen molar-refractivity contribution in [3.8, 4) is 11.5 Å². The average Bonchev–Trinajstić information content (AvgIpc) is 2.71. The zero-order chi connectivity index (χ0) is 20.3. The molecule has 0 amide bonds. The fourth-order valence-electron chi connectivity index (χ4n) is 3.27. The number of hydrogen-bond acceptors (Lipinski definition) is 7. The molecular formula is C21H26O7. The van der Waals surface area contributed by atoms with Gasteiger partial charge in [0.15, 0.2) is 0 Å². The smallest absolute Gasteiger partial charge is 0.229 e. The van der Waals surface area contributed by atoms with Crippen molar-refractivity contribution in [2.75, 3.05) is 13.7 Å². The van der Waals surface area contributed by atoms with Gasteiger partial charge in [-0.3, -0.25) is 0 Å². The Morgan fingerprint density at radius 3 is 2.32 bits per heavy atom. The number of rotatable bonds is 6. The minimum Gasteiger partial charge on any atom is -0.497 e. The van der Waals surface area contributed by atoms with Crippen molar-refractivity contribution in [2.24, 2.45) is 0 Å². The number of para-hydroxylation sites is 1. The summed E-state index contributed by atoms with van der Waals surface area (Å²) in [5.74, 6) is 1.30. The monoisotopic (exact) mass is 390 g/mol. The highest BCUT2D eigenvalue weighted by molar-refractivity contribution is 5.44. The van der Waals surface area contributed by atoms with Crippen molar-refractivity contribution in [2.45, 2.75) is 44.1 Å². The maximum atomic E-state index is 10.3. The van der Waals surface area contributed by atoms with Crippen LogP contribution in [0.2, 0.25) is 0 Å². The standard InChI is InChI=1S/C21H26O7/c1-12-4-3-5-14(10-13-6-8-15(26-2)9-7-13)20(12)28-21-19(25)18(24)17(23)16(11-22)27-21/h3-9,16-19,21-25H,10-11H2,1-2H3/t16-,17-,18+,19-,21+/m1/s1. The fraction of sp³-hybridized carbons (Fsp3) is 0.429. The van der Waals surface area contributed by atoms with E-state index in [0.717, 1.165) is 22.4 Å². The fourth-order valence-corrected chi connectivity index (χ4v) is 3.27. The molecule has 7 heteroatoms. The quantitative estimate of drug-likeness (QED) is 0.577. The van der Waals surface area contributed by atoms with Crippen molar-refractivity contribution >= 4 is 0 Å². The maximum Gasteiger partial charge on any atom is 0.229 e. The van der Waals surface area contributed by atoms with Gasteiger partial charge in [-0.05, 0) is 35.7 Å². The Labute approximate surface area is 163 Å². The third kappa shape index (κ3) is 4.29. The predicted molar refractivity (Wildman–Crippen MR) is 101 cm³/mol. The van der Waals surface area contributed by atoms with Gasteiger partial charge in [-0.1, -0.05) is 30.3 Å². The minimum atomic E-state index is -1.48. The predicted octanol–water partition coefficient (Wildman–Crippen LogP) is 0.773. The van der Waals surface area contributed by atoms with Gasteiger partial charge in [0.05, 0.1) is 13.7 Å². The molecule has 1 fully saturated rings. The van der Waals surface area contributed by atoms with E-state index in [1.807, 2.05) is 49.4 Å². The Kier molecular flexibility index (Phi) is 6.53. The highest BCUT2D eigenvalue weighted by Crippen LogP contribution is 2.31. The van der Waals surface area contributed by atoms with Crippen LogP contribution in [0, 0.1) is 6.92 Å². The van der Waals surface area contributed by atoms with E-state index in [-0.39, 0.29) is 0 Å². The number of aryl methyl sites for hydroxylation is 1. The summed E-state index contributed by atoms with van der Waals surface area (Å²) >= 11 is 0. The Bertz CT molecular complexity index is 775. The molecule has 1 saturated heterocycles. The van der Waals surface area contributed by atoms with Crippen LogP contribution < -0.4 is 9.47 Å². The molecule has 5 atom stereocenters. The lowest BCUT2D eigenvalue weighted by atomic mass is 9.99. The lowest BCUT2D eigenvalue weighted by Crippen LogP contribution is -2.60. The van der Waals surface area contributed by atoms with Gasteiger partial charge in [-0.25, -0.2) is 0 Å². The highest BCUT2D eigenvalue weighted by atomic mass is 16.7. The van der Waals surface area contributed by atoms with Crippen LogP contribution in [-0.2, 0) is 11.2 Å². The zero-order valence-electron chi connectivity index (χ0n) is 15.9. The molecule has 0 radical (unpaired) electrons. The second-order valence-electron chi connectivity index (χ2n) is 6.90. The number of ether oxygens (including phenoxy) is 3. The molecule has 0 bridgehead atoms. The lowest BCUT2D eigenvalue weighted by molar-refractivity contribution is -0.277. The van der Waals surface area contributed by atoms with Crippen molar-refractivity contribution in [1.82, 2.24) is 0 Å². The van der Waals surface area contributed by atoms with Crippen LogP contribution in [0.1, 0.15) is 16.7 Å². The Balaban J connectivity index is 1.83. The second kappa shape index (κ2) is 8.89. The summed E-state index contributed by atoms with van der Waals surface area (Å²) in [7, 11) is 1.61. The molecule has 28 heavy (non-hydrogen) atoms. The molecule has 4 N–H and O–H groups in total. The zero-order valence-corrected chi connectivity index (χ0v) is 15.9. The molecule has 1 aliphatic rings. The normalized spacial score (nSPS) is 27.4. The van der Waals surface area contributed by atoms with Gasteiger partial charge < -0.3 is 34.6 Å². The number of aliphatic hydroxyl groups excluding tert-OH is 4. The van der Waals surface area contributed by atoms with E-state index in [1.54, 1.807) is 7.11 Å². The van der Waals surface area contributed by atoms with E-state index >= 15 is 0 Å². The van der Waals surface area contributed by atoms with E-state index in [0.29, 0.717) is 12.2 Å².